The molecule has 0 aromatic rings. The molecule has 110 valence electrons. The van der Waals surface area contributed by atoms with Gasteiger partial charge in [0.25, 0.3) is 0 Å². The molecule has 0 atom stereocenters. The SMILES string of the molecule is CCOC(=O)C(NCC(C)C)=C(C)C(=O)OCCN. The Morgan fingerprint density at radius 3 is 2.32 bits per heavy atom. The van der Waals surface area contributed by atoms with E-state index >= 15 is 0 Å². The van der Waals surface area contributed by atoms with E-state index < -0.39 is 11.9 Å². The van der Waals surface area contributed by atoms with Crippen molar-refractivity contribution < 1.29 is 19.1 Å². The molecule has 0 aromatic carbocycles. The molecule has 0 rings (SSSR count). The minimum atomic E-state index is -0.565. The third kappa shape index (κ3) is 6.81. The van der Waals surface area contributed by atoms with Crippen molar-refractivity contribution in [3.63, 3.8) is 0 Å². The average Bonchev–Trinajstić information content (AvgIpc) is 2.35. The van der Waals surface area contributed by atoms with Crippen LogP contribution in [0.4, 0.5) is 0 Å². The summed E-state index contributed by atoms with van der Waals surface area (Å²) in [6.45, 7) is 8.41. The molecule has 0 aromatic heterocycles. The molecule has 0 fully saturated rings. The lowest BCUT2D eigenvalue weighted by atomic mass is 10.2. The van der Waals surface area contributed by atoms with Crippen LogP contribution in [0.3, 0.4) is 0 Å². The van der Waals surface area contributed by atoms with Gasteiger partial charge in [-0.25, -0.2) is 9.59 Å². The zero-order chi connectivity index (χ0) is 14.8. The van der Waals surface area contributed by atoms with Crippen LogP contribution in [0.1, 0.15) is 27.7 Å². The molecule has 0 saturated heterocycles. The van der Waals surface area contributed by atoms with Gasteiger partial charge in [0.1, 0.15) is 12.3 Å². The zero-order valence-corrected chi connectivity index (χ0v) is 12.1. The van der Waals surface area contributed by atoms with Gasteiger partial charge in [0.2, 0.25) is 0 Å². The number of nitrogens with two attached hydrogens (primary N) is 1. The topological polar surface area (TPSA) is 90.6 Å². The summed E-state index contributed by atoms with van der Waals surface area (Å²) in [5.41, 5.74) is 5.61. The molecule has 6 heteroatoms. The van der Waals surface area contributed by atoms with Gasteiger partial charge in [0.15, 0.2) is 0 Å². The predicted octanol–water partition coefficient (Wildman–Crippen LogP) is 0.571. The highest BCUT2D eigenvalue weighted by molar-refractivity contribution is 5.99. The lowest BCUT2D eigenvalue weighted by molar-refractivity contribution is -0.142. The van der Waals surface area contributed by atoms with E-state index in [4.69, 9.17) is 15.2 Å². The number of hydrogen-bond acceptors (Lipinski definition) is 6. The van der Waals surface area contributed by atoms with E-state index in [0.717, 1.165) is 0 Å². The molecule has 0 aliphatic rings. The molecule has 0 radical (unpaired) electrons. The fourth-order valence-corrected chi connectivity index (χ4v) is 1.23. The maximum Gasteiger partial charge on any atom is 0.354 e. The third-order valence-corrected chi connectivity index (χ3v) is 2.20. The fourth-order valence-electron chi connectivity index (χ4n) is 1.23. The summed E-state index contributed by atoms with van der Waals surface area (Å²) < 4.78 is 9.82. The van der Waals surface area contributed by atoms with E-state index in [1.807, 2.05) is 13.8 Å². The van der Waals surface area contributed by atoms with Crippen molar-refractivity contribution in [1.29, 1.82) is 0 Å². The van der Waals surface area contributed by atoms with Crippen LogP contribution in [0.5, 0.6) is 0 Å². The van der Waals surface area contributed by atoms with Crippen LogP contribution >= 0.6 is 0 Å². The lowest BCUT2D eigenvalue weighted by Gasteiger charge is -2.14. The molecule has 3 N–H and O–H groups in total. The van der Waals surface area contributed by atoms with E-state index in [-0.39, 0.29) is 31.0 Å². The Hall–Kier alpha value is -1.56. The molecule has 0 spiro atoms. The van der Waals surface area contributed by atoms with Gasteiger partial charge in [-0.2, -0.15) is 0 Å². The third-order valence-electron chi connectivity index (χ3n) is 2.20. The highest BCUT2D eigenvalue weighted by atomic mass is 16.5. The van der Waals surface area contributed by atoms with Gasteiger partial charge in [0.05, 0.1) is 12.2 Å². The van der Waals surface area contributed by atoms with E-state index in [0.29, 0.717) is 12.5 Å². The summed E-state index contributed by atoms with van der Waals surface area (Å²) in [6.07, 6.45) is 0. The van der Waals surface area contributed by atoms with Crippen molar-refractivity contribution in [2.24, 2.45) is 11.7 Å². The van der Waals surface area contributed by atoms with Gasteiger partial charge in [-0.1, -0.05) is 13.8 Å². The van der Waals surface area contributed by atoms with Crippen LogP contribution in [0.2, 0.25) is 0 Å². The Morgan fingerprint density at radius 2 is 1.84 bits per heavy atom. The van der Waals surface area contributed by atoms with Gasteiger partial charge < -0.3 is 20.5 Å². The molecule has 6 nitrogen and oxygen atoms in total. The maximum atomic E-state index is 11.8. The molecule has 0 heterocycles. The minimum absolute atomic E-state index is 0.121. The largest absolute Gasteiger partial charge is 0.461 e. The molecule has 19 heavy (non-hydrogen) atoms. The molecule has 0 aliphatic carbocycles. The number of ether oxygens (including phenoxy) is 2. The first-order chi connectivity index (χ1) is 8.93. The van der Waals surface area contributed by atoms with E-state index in [1.54, 1.807) is 6.92 Å². The van der Waals surface area contributed by atoms with Crippen molar-refractivity contribution in [1.82, 2.24) is 5.32 Å². The number of hydrogen-bond donors (Lipinski definition) is 2. The van der Waals surface area contributed by atoms with Gasteiger partial charge in [-0.3, -0.25) is 0 Å². The van der Waals surface area contributed by atoms with Crippen LogP contribution < -0.4 is 11.1 Å². The van der Waals surface area contributed by atoms with Crippen molar-refractivity contribution >= 4 is 11.9 Å². The molecular formula is C13H24N2O4. The van der Waals surface area contributed by atoms with Crippen LogP contribution in [-0.2, 0) is 19.1 Å². The summed E-state index contributed by atoms with van der Waals surface area (Å²) in [5.74, 6) is -0.785. The predicted molar refractivity (Wildman–Crippen MR) is 72.2 cm³/mol. The smallest absolute Gasteiger partial charge is 0.354 e. The molecule has 0 aliphatic heterocycles. The summed E-state index contributed by atoms with van der Waals surface area (Å²) in [6, 6.07) is 0. The standard InChI is InChI=1S/C13H24N2O4/c1-5-18-13(17)11(15-8-9(2)3)10(4)12(16)19-7-6-14/h9,15H,5-8,14H2,1-4H3. The summed E-state index contributed by atoms with van der Waals surface area (Å²) in [5, 5.41) is 2.93. The quantitative estimate of drug-likeness (QED) is 0.496. The monoisotopic (exact) mass is 272 g/mol. The zero-order valence-electron chi connectivity index (χ0n) is 12.1. The lowest BCUT2D eigenvalue weighted by Crippen LogP contribution is -2.29. The van der Waals surface area contributed by atoms with Gasteiger partial charge in [-0.15, -0.1) is 0 Å². The Kier molecular flexibility index (Phi) is 8.61. The Labute approximate surface area is 114 Å². The van der Waals surface area contributed by atoms with Gasteiger partial charge in [-0.05, 0) is 19.8 Å². The maximum absolute atomic E-state index is 11.8. The van der Waals surface area contributed by atoms with E-state index in [9.17, 15) is 9.59 Å². The van der Waals surface area contributed by atoms with Crippen molar-refractivity contribution in [2.45, 2.75) is 27.7 Å². The van der Waals surface area contributed by atoms with Gasteiger partial charge in [0, 0.05) is 13.1 Å². The molecular weight excluding hydrogens is 248 g/mol. The van der Waals surface area contributed by atoms with E-state index in [2.05, 4.69) is 5.32 Å². The Bertz CT molecular complexity index is 338. The molecule has 0 saturated carbocycles. The second-order valence-electron chi connectivity index (χ2n) is 4.42. The average molecular weight is 272 g/mol. The summed E-state index contributed by atoms with van der Waals surface area (Å²) in [7, 11) is 0. The first-order valence-electron chi connectivity index (χ1n) is 6.43. The van der Waals surface area contributed by atoms with Crippen LogP contribution in [-0.4, -0.2) is 38.2 Å². The highest BCUT2D eigenvalue weighted by Crippen LogP contribution is 2.07. The van der Waals surface area contributed by atoms with E-state index in [1.165, 1.54) is 6.92 Å². The van der Waals surface area contributed by atoms with Crippen molar-refractivity contribution in [3.05, 3.63) is 11.3 Å². The minimum Gasteiger partial charge on any atom is -0.461 e. The number of carbonyl (C=O) groups is 2. The van der Waals surface area contributed by atoms with Crippen LogP contribution in [0, 0.1) is 5.92 Å². The Balaban J connectivity index is 4.94. The highest BCUT2D eigenvalue weighted by Gasteiger charge is 2.19. The van der Waals surface area contributed by atoms with Crippen molar-refractivity contribution in [3.8, 4) is 0 Å². The van der Waals surface area contributed by atoms with Crippen LogP contribution in [0.25, 0.3) is 0 Å². The Morgan fingerprint density at radius 1 is 1.21 bits per heavy atom. The number of nitrogens with one attached hydrogen (secondary N) is 1. The summed E-state index contributed by atoms with van der Waals surface area (Å²) >= 11 is 0. The number of esters is 2. The second kappa shape index (κ2) is 9.38. The van der Waals surface area contributed by atoms with Crippen LogP contribution in [0.15, 0.2) is 11.3 Å². The normalized spacial score (nSPS) is 11.9. The number of carbonyl (C=O) groups excluding carboxylic acids is 2. The number of rotatable bonds is 8. The van der Waals surface area contributed by atoms with Gasteiger partial charge >= 0.3 is 11.9 Å². The summed E-state index contributed by atoms with van der Waals surface area (Å²) in [4.78, 5) is 23.5. The van der Waals surface area contributed by atoms with Crippen molar-refractivity contribution in [2.75, 3.05) is 26.3 Å². The second-order valence-corrected chi connectivity index (χ2v) is 4.42. The molecule has 0 unspecified atom stereocenters. The first-order valence-corrected chi connectivity index (χ1v) is 6.43. The fraction of sp³-hybridized carbons (Fsp3) is 0.692. The first kappa shape index (κ1) is 17.4. The molecule has 0 amide bonds. The molecule has 0 bridgehead atoms.